The lowest BCUT2D eigenvalue weighted by Crippen LogP contribution is -2.49. The number of carbonyl (C=O) groups excluding carboxylic acids is 1. The summed E-state index contributed by atoms with van der Waals surface area (Å²) in [6.45, 7) is 18.7. The monoisotopic (exact) mass is 524 g/mol. The third-order valence-electron chi connectivity index (χ3n) is 5.27. The molecule has 2 rings (SSSR count). The van der Waals surface area contributed by atoms with E-state index in [2.05, 4.69) is 24.1 Å². The van der Waals surface area contributed by atoms with E-state index < -0.39 is 5.60 Å². The number of likely N-dealkylation sites (tertiary alicyclic amines) is 1. The van der Waals surface area contributed by atoms with Crippen molar-refractivity contribution in [1.82, 2.24) is 15.1 Å². The van der Waals surface area contributed by atoms with Crippen LogP contribution in [0.25, 0.3) is 0 Å². The number of hydrogen-bond acceptors (Lipinski definition) is 4. The van der Waals surface area contributed by atoms with Crippen LogP contribution >= 0.6 is 24.0 Å². The summed E-state index contributed by atoms with van der Waals surface area (Å²) in [4.78, 5) is 21.4. The molecule has 2 saturated heterocycles. The van der Waals surface area contributed by atoms with Crippen LogP contribution in [0.15, 0.2) is 4.99 Å². The van der Waals surface area contributed by atoms with Gasteiger partial charge in [0.2, 0.25) is 0 Å². The fourth-order valence-corrected chi connectivity index (χ4v) is 3.53. The van der Waals surface area contributed by atoms with Crippen molar-refractivity contribution >= 4 is 36.0 Å². The van der Waals surface area contributed by atoms with Crippen LogP contribution in [-0.4, -0.2) is 79.9 Å². The predicted molar refractivity (Wildman–Crippen MR) is 128 cm³/mol. The zero-order chi connectivity index (χ0) is 20.8. The zero-order valence-electron chi connectivity index (χ0n) is 19.1. The summed E-state index contributed by atoms with van der Waals surface area (Å²) in [6, 6.07) is 0. The molecule has 0 saturated carbocycles. The molecule has 2 heterocycles. The largest absolute Gasteiger partial charge is 0.444 e. The Kier molecular flexibility index (Phi) is 10.5. The van der Waals surface area contributed by atoms with Crippen molar-refractivity contribution in [2.24, 2.45) is 16.3 Å². The molecule has 2 fully saturated rings. The zero-order valence-corrected chi connectivity index (χ0v) is 21.5. The van der Waals surface area contributed by atoms with E-state index in [1.54, 1.807) is 0 Å². The predicted octanol–water partition coefficient (Wildman–Crippen LogP) is 3.58. The van der Waals surface area contributed by atoms with Crippen molar-refractivity contribution in [2.75, 3.05) is 52.5 Å². The van der Waals surface area contributed by atoms with Gasteiger partial charge in [-0.05, 0) is 53.4 Å². The Bertz CT molecular complexity index is 539. The first kappa shape index (κ1) is 26.3. The first-order chi connectivity index (χ1) is 13.2. The van der Waals surface area contributed by atoms with Crippen molar-refractivity contribution < 1.29 is 14.3 Å². The van der Waals surface area contributed by atoms with Crippen LogP contribution < -0.4 is 5.32 Å². The molecule has 0 spiro atoms. The SMILES string of the molecule is CCNC(=NCC1(C)COC1)N1CCC(CN(CC)C(=O)OC(C)(C)C)CC1.I. The fourth-order valence-electron chi connectivity index (χ4n) is 3.53. The van der Waals surface area contributed by atoms with E-state index in [0.29, 0.717) is 12.5 Å². The molecule has 0 radical (unpaired) electrons. The molecule has 0 unspecified atom stereocenters. The topological polar surface area (TPSA) is 66.4 Å². The van der Waals surface area contributed by atoms with Crippen LogP contribution in [-0.2, 0) is 9.47 Å². The van der Waals surface area contributed by atoms with E-state index in [1.165, 1.54) is 0 Å². The molecule has 2 aliphatic heterocycles. The third-order valence-corrected chi connectivity index (χ3v) is 5.27. The van der Waals surface area contributed by atoms with Gasteiger partial charge in [-0.3, -0.25) is 4.99 Å². The number of rotatable bonds is 6. The molecule has 8 heteroatoms. The number of nitrogens with zero attached hydrogens (tertiary/aromatic N) is 3. The Hall–Kier alpha value is -0.770. The molecule has 2 aliphatic rings. The van der Waals surface area contributed by atoms with Crippen LogP contribution in [0.4, 0.5) is 4.79 Å². The number of nitrogens with one attached hydrogen (secondary N) is 1. The Morgan fingerprint density at radius 3 is 2.34 bits per heavy atom. The minimum Gasteiger partial charge on any atom is -0.444 e. The summed E-state index contributed by atoms with van der Waals surface area (Å²) in [5.74, 6) is 1.51. The molecule has 1 amide bonds. The lowest BCUT2D eigenvalue weighted by atomic mass is 9.89. The molecular formula is C21H41IN4O3. The highest BCUT2D eigenvalue weighted by atomic mass is 127. The maximum Gasteiger partial charge on any atom is 0.410 e. The standard InChI is InChI=1S/C21H40N4O3.HI/c1-7-22-18(23-14-21(6)15-27-16-21)25-11-9-17(10-12-25)13-24(8-2)19(26)28-20(3,4)5;/h17H,7-16H2,1-6H3,(H,22,23);1H. The van der Waals surface area contributed by atoms with Gasteiger partial charge in [0.25, 0.3) is 0 Å². The highest BCUT2D eigenvalue weighted by Gasteiger charge is 2.33. The summed E-state index contributed by atoms with van der Waals surface area (Å²) in [5.41, 5.74) is -0.263. The van der Waals surface area contributed by atoms with Crippen LogP contribution in [0.5, 0.6) is 0 Å². The third kappa shape index (κ3) is 8.47. The average Bonchev–Trinajstić information content (AvgIpc) is 2.60. The Balaban J connectivity index is 0.00000420. The van der Waals surface area contributed by atoms with Gasteiger partial charge in [0, 0.05) is 38.1 Å². The van der Waals surface area contributed by atoms with Gasteiger partial charge in [0.15, 0.2) is 5.96 Å². The Morgan fingerprint density at radius 2 is 1.90 bits per heavy atom. The summed E-state index contributed by atoms with van der Waals surface area (Å²) >= 11 is 0. The van der Waals surface area contributed by atoms with Crippen molar-refractivity contribution in [1.29, 1.82) is 0 Å². The highest BCUT2D eigenvalue weighted by Crippen LogP contribution is 2.27. The van der Waals surface area contributed by atoms with Crippen LogP contribution in [0.2, 0.25) is 0 Å². The second-order valence-electron chi connectivity index (χ2n) is 9.42. The molecule has 170 valence electrons. The number of guanidine groups is 1. The molecule has 0 aromatic carbocycles. The number of amides is 1. The molecule has 7 nitrogen and oxygen atoms in total. The molecule has 0 aromatic heterocycles. The lowest BCUT2D eigenvalue weighted by Gasteiger charge is -2.39. The van der Waals surface area contributed by atoms with E-state index in [4.69, 9.17) is 14.5 Å². The van der Waals surface area contributed by atoms with E-state index >= 15 is 0 Å². The smallest absolute Gasteiger partial charge is 0.410 e. The van der Waals surface area contributed by atoms with Crippen molar-refractivity contribution in [3.05, 3.63) is 0 Å². The van der Waals surface area contributed by atoms with E-state index in [1.807, 2.05) is 32.6 Å². The number of halogens is 1. The van der Waals surface area contributed by atoms with Gasteiger partial charge >= 0.3 is 6.09 Å². The van der Waals surface area contributed by atoms with E-state index in [9.17, 15) is 4.79 Å². The summed E-state index contributed by atoms with van der Waals surface area (Å²) < 4.78 is 10.9. The van der Waals surface area contributed by atoms with Gasteiger partial charge < -0.3 is 24.6 Å². The van der Waals surface area contributed by atoms with Gasteiger partial charge in [0.1, 0.15) is 5.60 Å². The van der Waals surface area contributed by atoms with Gasteiger partial charge in [0.05, 0.1) is 19.8 Å². The van der Waals surface area contributed by atoms with Crippen LogP contribution in [0.3, 0.4) is 0 Å². The number of piperidine rings is 1. The first-order valence-electron chi connectivity index (χ1n) is 10.7. The van der Waals surface area contributed by atoms with Crippen molar-refractivity contribution in [3.8, 4) is 0 Å². The molecular weight excluding hydrogens is 483 g/mol. The van der Waals surface area contributed by atoms with E-state index in [0.717, 1.165) is 64.7 Å². The number of ether oxygens (including phenoxy) is 2. The van der Waals surface area contributed by atoms with Gasteiger partial charge in [-0.2, -0.15) is 0 Å². The Labute approximate surface area is 194 Å². The lowest BCUT2D eigenvalue weighted by molar-refractivity contribution is -0.0946. The summed E-state index contributed by atoms with van der Waals surface area (Å²) in [7, 11) is 0. The fraction of sp³-hybridized carbons (Fsp3) is 0.905. The van der Waals surface area contributed by atoms with Gasteiger partial charge in [-0.25, -0.2) is 4.79 Å². The van der Waals surface area contributed by atoms with Crippen molar-refractivity contribution in [2.45, 2.75) is 60.0 Å². The maximum absolute atomic E-state index is 12.4. The first-order valence-corrected chi connectivity index (χ1v) is 10.7. The molecule has 1 N–H and O–H groups in total. The molecule has 0 bridgehead atoms. The van der Waals surface area contributed by atoms with E-state index in [-0.39, 0.29) is 35.5 Å². The minimum absolute atomic E-state index is 0. The average molecular weight is 524 g/mol. The molecule has 0 aliphatic carbocycles. The summed E-state index contributed by atoms with van der Waals surface area (Å²) in [5, 5.41) is 3.43. The van der Waals surface area contributed by atoms with Crippen LogP contribution in [0, 0.1) is 11.3 Å². The van der Waals surface area contributed by atoms with Crippen molar-refractivity contribution in [3.63, 3.8) is 0 Å². The number of hydrogen-bond donors (Lipinski definition) is 1. The quantitative estimate of drug-likeness (QED) is 0.327. The van der Waals surface area contributed by atoms with Gasteiger partial charge in [-0.15, -0.1) is 24.0 Å². The molecule has 0 atom stereocenters. The molecule has 29 heavy (non-hydrogen) atoms. The van der Waals surface area contributed by atoms with Crippen LogP contribution in [0.1, 0.15) is 54.4 Å². The maximum atomic E-state index is 12.4. The minimum atomic E-state index is -0.451. The second kappa shape index (κ2) is 11.6. The van der Waals surface area contributed by atoms with Gasteiger partial charge in [-0.1, -0.05) is 6.92 Å². The normalized spacial score (nSPS) is 19.8. The number of aliphatic imine (C=N–C) groups is 1. The second-order valence-corrected chi connectivity index (χ2v) is 9.42. The number of carbonyl (C=O) groups is 1. The Morgan fingerprint density at radius 1 is 1.28 bits per heavy atom. The summed E-state index contributed by atoms with van der Waals surface area (Å²) in [6.07, 6.45) is 1.91. The molecule has 0 aromatic rings. The highest BCUT2D eigenvalue weighted by molar-refractivity contribution is 14.0.